The van der Waals surface area contributed by atoms with Crippen molar-refractivity contribution in [2.45, 2.75) is 4.90 Å². The maximum Gasteiger partial charge on any atom is 0.307 e. The van der Waals surface area contributed by atoms with Crippen LogP contribution in [0.1, 0.15) is 0 Å². The number of para-hydroxylation sites is 5. The molecule has 0 saturated carbocycles. The third-order valence-electron chi connectivity index (χ3n) is 8.64. The highest BCUT2D eigenvalue weighted by molar-refractivity contribution is 7.99. The first-order valence-corrected chi connectivity index (χ1v) is 15.5. The molecule has 0 amide bonds. The van der Waals surface area contributed by atoms with E-state index in [0.717, 1.165) is 66.8 Å². The van der Waals surface area contributed by atoms with Gasteiger partial charge in [-0.3, -0.25) is 9.30 Å². The molecular formula is C38H23N3O2S. The highest BCUT2D eigenvalue weighted by atomic mass is 32.1. The van der Waals surface area contributed by atoms with Crippen molar-refractivity contribution < 1.29 is 9.15 Å². The Hall–Kier alpha value is -5.59. The molecule has 0 saturated heterocycles. The van der Waals surface area contributed by atoms with Gasteiger partial charge < -0.3 is 9.15 Å². The van der Waals surface area contributed by atoms with Gasteiger partial charge in [0.25, 0.3) is 0 Å². The first kappa shape index (κ1) is 23.9. The average molecular weight is 586 g/mol. The predicted molar refractivity (Wildman–Crippen MR) is 180 cm³/mol. The maximum absolute atomic E-state index is 6.49. The van der Waals surface area contributed by atoms with Crippen molar-refractivity contribution in [1.29, 1.82) is 0 Å². The van der Waals surface area contributed by atoms with Gasteiger partial charge in [0.05, 0.1) is 27.9 Å². The van der Waals surface area contributed by atoms with Gasteiger partial charge in [-0.1, -0.05) is 97.1 Å². The summed E-state index contributed by atoms with van der Waals surface area (Å²) in [5.74, 6) is 1.51. The number of anilines is 2. The van der Waals surface area contributed by atoms with E-state index in [1.807, 2.05) is 30.3 Å². The number of nitrogens with zero attached hydrogens (tertiary/aromatic N) is 3. The fraction of sp³-hybridized carbons (Fsp3) is 0. The summed E-state index contributed by atoms with van der Waals surface area (Å²) < 4.78 is 14.9. The lowest BCUT2D eigenvalue weighted by Gasteiger charge is -2.18. The summed E-state index contributed by atoms with van der Waals surface area (Å²) in [5.41, 5.74) is 12.9. The minimum atomic E-state index is 0.604. The molecule has 0 bridgehead atoms. The third kappa shape index (κ3) is 3.26. The SMILES string of the molecule is c1ccc2c(c1)OC1=[SH]c3c(-c4ccccc4-c4ccccc4-c4cccc5c4oc4nc6ccccc6n45)cccc3N12. The van der Waals surface area contributed by atoms with Gasteiger partial charge in [-0.15, -0.1) is 11.4 Å². The van der Waals surface area contributed by atoms with Crippen LogP contribution in [0.5, 0.6) is 5.75 Å². The molecule has 8 aromatic rings. The van der Waals surface area contributed by atoms with E-state index >= 15 is 0 Å². The zero-order valence-corrected chi connectivity index (χ0v) is 24.2. The molecule has 0 fully saturated rings. The van der Waals surface area contributed by atoms with Gasteiger partial charge in [0.1, 0.15) is 0 Å². The molecule has 6 heteroatoms. The predicted octanol–water partition coefficient (Wildman–Crippen LogP) is 9.69. The summed E-state index contributed by atoms with van der Waals surface area (Å²) in [7, 11) is 0. The molecule has 44 heavy (non-hydrogen) atoms. The van der Waals surface area contributed by atoms with E-state index in [9.17, 15) is 0 Å². The lowest BCUT2D eigenvalue weighted by molar-refractivity contribution is 0.581. The Kier molecular flexibility index (Phi) is 4.87. The van der Waals surface area contributed by atoms with Crippen LogP contribution in [0.15, 0.2) is 143 Å². The second kappa shape index (κ2) is 8.96. The number of oxazole rings is 1. The van der Waals surface area contributed by atoms with Crippen molar-refractivity contribution in [3.05, 3.63) is 133 Å². The van der Waals surface area contributed by atoms with Gasteiger partial charge in [0.2, 0.25) is 5.17 Å². The maximum atomic E-state index is 6.49. The molecular weight excluding hydrogens is 563 g/mol. The van der Waals surface area contributed by atoms with Crippen LogP contribution in [0.3, 0.4) is 0 Å². The normalized spacial score (nSPS) is 13.5. The lowest BCUT2D eigenvalue weighted by Crippen LogP contribution is -2.19. The van der Waals surface area contributed by atoms with E-state index in [1.54, 1.807) is 0 Å². The molecule has 0 atom stereocenters. The van der Waals surface area contributed by atoms with Crippen LogP contribution >= 0.6 is 11.4 Å². The Morgan fingerprint density at radius 1 is 0.523 bits per heavy atom. The summed E-state index contributed by atoms with van der Waals surface area (Å²) in [5, 5.41) is 0.938. The van der Waals surface area contributed by atoms with E-state index in [2.05, 4.69) is 112 Å². The fourth-order valence-electron chi connectivity index (χ4n) is 6.75. The number of hydrogen-bond donors (Lipinski definition) is 1. The lowest BCUT2D eigenvalue weighted by atomic mass is 9.89. The molecule has 10 rings (SSSR count). The Morgan fingerprint density at radius 2 is 1.11 bits per heavy atom. The molecule has 0 radical (unpaired) electrons. The molecule has 2 aliphatic heterocycles. The molecule has 0 N–H and O–H groups in total. The number of aromatic nitrogens is 2. The van der Waals surface area contributed by atoms with Crippen LogP contribution in [-0.2, 0) is 0 Å². The smallest absolute Gasteiger partial charge is 0.307 e. The monoisotopic (exact) mass is 585 g/mol. The quantitative estimate of drug-likeness (QED) is 0.166. The van der Waals surface area contributed by atoms with Crippen LogP contribution < -0.4 is 9.64 Å². The largest absolute Gasteiger partial charge is 0.433 e. The number of hydrogen-bond acceptors (Lipinski definition) is 4. The summed E-state index contributed by atoms with van der Waals surface area (Å²) >= 11 is 1.06. The second-order valence-electron chi connectivity index (χ2n) is 11.0. The Labute approximate surface area is 256 Å². The zero-order chi connectivity index (χ0) is 28.8. The fourth-order valence-corrected chi connectivity index (χ4v) is 8.00. The van der Waals surface area contributed by atoms with Crippen LogP contribution in [0.25, 0.3) is 61.4 Å². The van der Waals surface area contributed by atoms with Crippen LogP contribution in [0.2, 0.25) is 0 Å². The van der Waals surface area contributed by atoms with Gasteiger partial charge in [0, 0.05) is 10.5 Å². The molecule has 2 aromatic heterocycles. The van der Waals surface area contributed by atoms with E-state index in [-0.39, 0.29) is 0 Å². The summed E-state index contributed by atoms with van der Waals surface area (Å²) in [6.45, 7) is 0. The van der Waals surface area contributed by atoms with Gasteiger partial charge in [-0.2, -0.15) is 4.98 Å². The summed E-state index contributed by atoms with van der Waals surface area (Å²) in [4.78, 5) is 8.28. The number of benzene rings is 6. The van der Waals surface area contributed by atoms with Crippen molar-refractivity contribution in [2.24, 2.45) is 0 Å². The highest BCUT2D eigenvalue weighted by Crippen LogP contribution is 2.52. The molecule has 0 unspecified atom stereocenters. The Morgan fingerprint density at radius 3 is 1.95 bits per heavy atom. The average Bonchev–Trinajstić information content (AvgIpc) is 3.82. The van der Waals surface area contributed by atoms with Crippen molar-refractivity contribution in [3.8, 4) is 39.1 Å². The van der Waals surface area contributed by atoms with Crippen molar-refractivity contribution in [1.82, 2.24) is 9.38 Å². The topological polar surface area (TPSA) is 42.9 Å². The first-order chi connectivity index (χ1) is 21.8. The number of fused-ring (bicyclic) bond motifs is 10. The molecule has 6 aromatic carbocycles. The van der Waals surface area contributed by atoms with Crippen molar-refractivity contribution in [2.75, 3.05) is 4.90 Å². The summed E-state index contributed by atoms with van der Waals surface area (Å²) in [6.07, 6.45) is 0. The number of imidazole rings is 1. The van der Waals surface area contributed by atoms with E-state index in [0.29, 0.717) is 5.84 Å². The molecule has 208 valence electrons. The van der Waals surface area contributed by atoms with E-state index in [1.165, 1.54) is 27.3 Å². The van der Waals surface area contributed by atoms with E-state index < -0.39 is 0 Å². The van der Waals surface area contributed by atoms with Gasteiger partial charge in [0.15, 0.2) is 11.3 Å². The van der Waals surface area contributed by atoms with Gasteiger partial charge in [-0.25, -0.2) is 0 Å². The third-order valence-corrected chi connectivity index (χ3v) is 9.82. The zero-order valence-electron chi connectivity index (χ0n) is 23.3. The van der Waals surface area contributed by atoms with Crippen molar-refractivity contribution >= 4 is 55.9 Å². The molecule has 5 nitrogen and oxygen atoms in total. The highest BCUT2D eigenvalue weighted by Gasteiger charge is 2.34. The van der Waals surface area contributed by atoms with Gasteiger partial charge in [-0.05, 0) is 64.2 Å². The minimum Gasteiger partial charge on any atom is -0.433 e. The van der Waals surface area contributed by atoms with Crippen LogP contribution in [-0.4, -0.2) is 14.6 Å². The first-order valence-electron chi connectivity index (χ1n) is 14.6. The minimum absolute atomic E-state index is 0.604. The van der Waals surface area contributed by atoms with E-state index in [4.69, 9.17) is 14.1 Å². The Balaban J connectivity index is 1.16. The van der Waals surface area contributed by atoms with Crippen LogP contribution in [0.4, 0.5) is 11.4 Å². The molecule has 0 aliphatic carbocycles. The second-order valence-corrected chi connectivity index (χ2v) is 12.1. The molecule has 0 spiro atoms. The molecule has 2 aliphatic rings. The molecule has 4 heterocycles. The van der Waals surface area contributed by atoms with Crippen LogP contribution in [0, 0.1) is 0 Å². The summed E-state index contributed by atoms with van der Waals surface area (Å²) in [6, 6.07) is 46.7. The number of ether oxygens (including phenoxy) is 1. The number of rotatable bonds is 3. The standard InChI is InChI=1S/C38H23N3O2S/c1-3-13-25(27-15-9-20-32-35(27)43-37-39-29-17-5-6-18-30(29)40(32)37)23(11-1)24-12-2-4-14-26(24)28-16-10-21-33-36(28)44-38-41(33)31-19-7-8-22-34(31)42-38/h1-22,44H. The van der Waals surface area contributed by atoms with Crippen molar-refractivity contribution in [3.63, 3.8) is 0 Å². The van der Waals surface area contributed by atoms with Gasteiger partial charge >= 0.3 is 5.84 Å². The number of thiol groups is 1. The Bertz CT molecular complexity index is 2510.